The fourth-order valence-electron chi connectivity index (χ4n) is 3.71. The molecule has 2 aromatic rings. The zero-order chi connectivity index (χ0) is 25.8. The summed E-state index contributed by atoms with van der Waals surface area (Å²) in [5.74, 6) is -0.429. The van der Waals surface area contributed by atoms with Crippen molar-refractivity contribution >= 4 is 46.5 Å². The van der Waals surface area contributed by atoms with E-state index in [9.17, 15) is 33.4 Å². The zero-order valence-corrected chi connectivity index (χ0v) is 20.2. The van der Waals surface area contributed by atoms with Gasteiger partial charge in [-0.15, -0.1) is 0 Å². The van der Waals surface area contributed by atoms with E-state index in [4.69, 9.17) is 14.5 Å². The number of hydrogen-bond donors (Lipinski definition) is 6. The van der Waals surface area contributed by atoms with Crippen LogP contribution in [0, 0.1) is 5.92 Å². The molecule has 6 atom stereocenters. The molecule has 20 heteroatoms. The molecular weight excluding hydrogens is 537 g/mol. The molecule has 0 aromatic carbocycles. The number of aliphatic imine (C=N–C) groups is 1. The fraction of sp³-hybridized carbons (Fsp3) is 0.400. The Kier molecular flexibility index (Phi) is 6.92. The Labute approximate surface area is 195 Å². The lowest BCUT2D eigenvalue weighted by atomic mass is 9.96. The van der Waals surface area contributed by atoms with E-state index in [0.29, 0.717) is 16.6 Å². The topological polar surface area (TPSA) is 249 Å². The van der Waals surface area contributed by atoms with Crippen LogP contribution in [0.2, 0.25) is 0 Å². The van der Waals surface area contributed by atoms with Crippen molar-refractivity contribution in [1.82, 2.24) is 9.66 Å². The highest BCUT2D eigenvalue weighted by Crippen LogP contribution is 2.66. The number of aliphatic hydroxyl groups excluding tert-OH is 1. The van der Waals surface area contributed by atoms with E-state index in [1.165, 1.54) is 12.4 Å². The number of phosphoric acid groups is 3. The van der Waals surface area contributed by atoms with Crippen LogP contribution < -0.4 is 11.0 Å². The predicted molar refractivity (Wildman–Crippen MR) is 116 cm³/mol. The molecule has 2 unspecified atom stereocenters. The molecular formula is C15H19N4O13P3. The molecule has 6 N–H and O–H groups in total. The Hall–Kier alpha value is -1.84. The van der Waals surface area contributed by atoms with Crippen molar-refractivity contribution < 1.29 is 56.3 Å². The lowest BCUT2D eigenvalue weighted by molar-refractivity contribution is -0.0235. The first-order valence-electron chi connectivity index (χ1n) is 9.63. The first kappa shape index (κ1) is 26.2. The van der Waals surface area contributed by atoms with Gasteiger partial charge in [-0.3, -0.25) is 19.4 Å². The lowest BCUT2D eigenvalue weighted by Crippen LogP contribution is -2.29. The van der Waals surface area contributed by atoms with E-state index >= 15 is 0 Å². The standard InChI is InChI=1S/C15H19N4O13P3/c1-7-13(21)10(5-29-34(25,26)32-35(27,28)31-33(22,23)24)30-14(7)9-4-8-2-3-11(20)18-15-12(8)19(9)17-6-16-15/h2-4,6-7,10,13-14,21H,5H2,1H3,(H,25,26)(H,27,28)(H2,22,23,24)(H,16,17,18,20)/t7-,10+,13-,14+/m0/s1. The van der Waals surface area contributed by atoms with E-state index in [1.807, 2.05) is 0 Å². The number of nitrogens with zero attached hydrogens (tertiary/aromatic N) is 3. The summed E-state index contributed by atoms with van der Waals surface area (Å²) in [4.78, 5) is 55.7. The van der Waals surface area contributed by atoms with Crippen molar-refractivity contribution in [2.75, 3.05) is 12.0 Å². The van der Waals surface area contributed by atoms with Gasteiger partial charge in [-0.1, -0.05) is 6.92 Å². The third kappa shape index (κ3) is 5.78. The van der Waals surface area contributed by atoms with Crippen molar-refractivity contribution in [3.05, 3.63) is 34.2 Å². The molecule has 4 heterocycles. The molecule has 0 spiro atoms. The summed E-state index contributed by atoms with van der Waals surface area (Å²) in [6.07, 6.45) is -1.95. The molecule has 0 saturated carbocycles. The summed E-state index contributed by atoms with van der Waals surface area (Å²) in [6, 6.07) is 4.49. The average Bonchev–Trinajstić information content (AvgIpc) is 3.14. The number of aromatic nitrogens is 2. The zero-order valence-electron chi connectivity index (χ0n) is 17.5. The van der Waals surface area contributed by atoms with Crippen LogP contribution in [0.4, 0.5) is 5.82 Å². The van der Waals surface area contributed by atoms with Gasteiger partial charge in [0.1, 0.15) is 24.1 Å². The van der Waals surface area contributed by atoms with Gasteiger partial charge in [0.2, 0.25) is 0 Å². The van der Waals surface area contributed by atoms with Crippen molar-refractivity contribution in [2.24, 2.45) is 10.9 Å². The average molecular weight is 556 g/mol. The van der Waals surface area contributed by atoms with Crippen LogP contribution in [0.25, 0.3) is 10.9 Å². The molecule has 35 heavy (non-hydrogen) atoms. The summed E-state index contributed by atoms with van der Waals surface area (Å²) in [5.41, 5.74) is 3.37. The molecule has 2 aromatic heterocycles. The van der Waals surface area contributed by atoms with Gasteiger partial charge in [-0.05, 0) is 12.1 Å². The maximum absolute atomic E-state index is 12.0. The largest absolute Gasteiger partial charge is 0.490 e. The molecule has 17 nitrogen and oxygen atoms in total. The molecule has 1 saturated heterocycles. The van der Waals surface area contributed by atoms with Gasteiger partial charge >= 0.3 is 23.5 Å². The number of rotatable bonds is 8. The Morgan fingerprint density at radius 1 is 1.14 bits per heavy atom. The van der Waals surface area contributed by atoms with Crippen LogP contribution in [0.15, 0.2) is 28.0 Å². The minimum atomic E-state index is -5.68. The molecule has 0 bridgehead atoms. The molecule has 0 aliphatic carbocycles. The molecule has 1 fully saturated rings. The van der Waals surface area contributed by atoms with Gasteiger partial charge in [0.15, 0.2) is 5.82 Å². The van der Waals surface area contributed by atoms with E-state index < -0.39 is 59.9 Å². The van der Waals surface area contributed by atoms with E-state index in [2.05, 4.69) is 28.5 Å². The first-order chi connectivity index (χ1) is 16.2. The number of ether oxygens (including phenoxy) is 1. The van der Waals surface area contributed by atoms with E-state index in [0.717, 1.165) is 0 Å². The number of aliphatic hydroxyl groups is 1. The molecule has 2 aliphatic heterocycles. The molecule has 4 rings (SSSR count). The number of nitrogens with one attached hydrogen (secondary N) is 1. The maximum atomic E-state index is 12.0. The van der Waals surface area contributed by atoms with Crippen LogP contribution in [-0.2, 0) is 31.6 Å². The molecule has 2 aliphatic rings. The second-order valence-electron chi connectivity index (χ2n) is 7.53. The van der Waals surface area contributed by atoms with E-state index in [1.54, 1.807) is 23.7 Å². The van der Waals surface area contributed by atoms with Crippen molar-refractivity contribution in [1.29, 1.82) is 0 Å². The summed E-state index contributed by atoms with van der Waals surface area (Å²) in [5, 5.41) is 11.2. The Morgan fingerprint density at radius 2 is 1.86 bits per heavy atom. The third-order valence-corrected chi connectivity index (χ3v) is 8.90. The quantitative estimate of drug-likeness (QED) is 0.241. The van der Waals surface area contributed by atoms with E-state index in [-0.39, 0.29) is 5.82 Å². The van der Waals surface area contributed by atoms with Crippen molar-refractivity contribution in [3.63, 3.8) is 0 Å². The Morgan fingerprint density at radius 3 is 2.54 bits per heavy atom. The lowest BCUT2D eigenvalue weighted by Gasteiger charge is -2.20. The number of hydrogen-bond acceptors (Lipinski definition) is 12. The summed E-state index contributed by atoms with van der Waals surface area (Å²) in [7, 11) is -16.6. The van der Waals surface area contributed by atoms with Gasteiger partial charge in [0.25, 0.3) is 5.56 Å². The monoisotopic (exact) mass is 556 g/mol. The SMILES string of the molecule is C[C@H]1[C@H](O)[C@@H](COP(=O)(O)OP(=O)(O)OP(=O)(O)O)O[C@H]1c1cc2ccc(=O)nc3c2n1NC=N3. The van der Waals surface area contributed by atoms with Crippen molar-refractivity contribution in [3.8, 4) is 0 Å². The minimum absolute atomic E-state index is 0.162. The van der Waals surface area contributed by atoms with Gasteiger partial charge in [-0.2, -0.15) is 13.6 Å². The van der Waals surface area contributed by atoms with Gasteiger partial charge in [0.05, 0.1) is 18.4 Å². The summed E-state index contributed by atoms with van der Waals surface area (Å²) < 4.78 is 53.4. The normalized spacial score (nSPS) is 27.4. The second-order valence-corrected chi connectivity index (χ2v) is 12.0. The highest BCUT2D eigenvalue weighted by atomic mass is 31.3. The smallest absolute Gasteiger partial charge is 0.390 e. The minimum Gasteiger partial charge on any atom is -0.390 e. The fourth-order valence-corrected chi connectivity index (χ4v) is 6.74. The van der Waals surface area contributed by atoms with Crippen molar-refractivity contribution in [2.45, 2.75) is 25.2 Å². The van der Waals surface area contributed by atoms with Crippen LogP contribution in [-0.4, -0.2) is 59.5 Å². The molecule has 0 radical (unpaired) electrons. The highest BCUT2D eigenvalue weighted by Gasteiger charge is 2.46. The number of phosphoric ester groups is 1. The van der Waals surface area contributed by atoms with Gasteiger partial charge < -0.3 is 29.4 Å². The highest BCUT2D eigenvalue weighted by molar-refractivity contribution is 7.66. The Balaban J connectivity index is 1.52. The Bertz CT molecular complexity index is 1390. The van der Waals surface area contributed by atoms with Gasteiger partial charge in [0, 0.05) is 17.4 Å². The first-order valence-corrected chi connectivity index (χ1v) is 14.2. The summed E-state index contributed by atoms with van der Waals surface area (Å²) >= 11 is 0. The maximum Gasteiger partial charge on any atom is 0.490 e. The third-order valence-electron chi connectivity index (χ3n) is 5.09. The molecule has 192 valence electrons. The van der Waals surface area contributed by atoms with Gasteiger partial charge in [-0.25, -0.2) is 18.7 Å². The summed E-state index contributed by atoms with van der Waals surface area (Å²) in [6.45, 7) is 0.832. The second kappa shape index (κ2) is 9.23. The van der Waals surface area contributed by atoms with Crippen LogP contribution in [0.5, 0.6) is 0 Å². The predicted octanol–water partition coefficient (Wildman–Crippen LogP) is 0.394. The van der Waals surface area contributed by atoms with Crippen LogP contribution >= 0.6 is 23.5 Å². The molecule has 0 amide bonds. The van der Waals surface area contributed by atoms with Crippen LogP contribution in [0.3, 0.4) is 0 Å². The van der Waals surface area contributed by atoms with Crippen LogP contribution in [0.1, 0.15) is 18.7 Å².